The van der Waals surface area contributed by atoms with Gasteiger partial charge in [0.05, 0.1) is 25.4 Å². The number of benzene rings is 1. The second-order valence-corrected chi connectivity index (χ2v) is 8.88. The minimum atomic E-state index is -0.915. The highest BCUT2D eigenvalue weighted by Gasteiger charge is 2.43. The molecule has 7 heteroatoms. The number of aliphatic hydroxyl groups is 2. The first-order valence-corrected chi connectivity index (χ1v) is 11.7. The topological polar surface area (TPSA) is 105 Å². The van der Waals surface area contributed by atoms with Gasteiger partial charge in [0.2, 0.25) is 0 Å². The third-order valence-electron chi connectivity index (χ3n) is 6.42. The summed E-state index contributed by atoms with van der Waals surface area (Å²) in [5.41, 5.74) is 0. The van der Waals surface area contributed by atoms with E-state index in [0.29, 0.717) is 31.8 Å². The van der Waals surface area contributed by atoms with Gasteiger partial charge in [-0.2, -0.15) is 0 Å². The number of carbonyl (C=O) groups is 1. The number of hydrogen-bond donors (Lipinski definition) is 3. The Balaban J connectivity index is 1.49. The molecule has 1 aromatic rings. The second-order valence-electron chi connectivity index (χ2n) is 8.88. The lowest BCUT2D eigenvalue weighted by Crippen LogP contribution is -2.27. The second kappa shape index (κ2) is 12.3. The van der Waals surface area contributed by atoms with Crippen molar-refractivity contribution in [1.29, 1.82) is 0 Å². The maximum Gasteiger partial charge on any atom is 0.332 e. The van der Waals surface area contributed by atoms with Crippen LogP contribution in [-0.4, -0.2) is 65.5 Å². The number of ether oxygens (including phenoxy) is 3. The quantitative estimate of drug-likeness (QED) is 0.447. The molecule has 0 spiro atoms. The van der Waals surface area contributed by atoms with Crippen molar-refractivity contribution in [3.8, 4) is 5.75 Å². The van der Waals surface area contributed by atoms with Crippen molar-refractivity contribution in [3.05, 3.63) is 42.5 Å². The van der Waals surface area contributed by atoms with Crippen molar-refractivity contribution < 1.29 is 34.3 Å². The largest absolute Gasteiger partial charge is 0.491 e. The number of carboxylic acids is 1. The monoisotopic (exact) mass is 448 g/mol. The molecule has 178 valence electrons. The molecular weight excluding hydrogens is 412 g/mol. The molecule has 1 heterocycles. The molecular formula is C25H36O7. The van der Waals surface area contributed by atoms with Gasteiger partial charge < -0.3 is 29.5 Å². The molecule has 1 aromatic carbocycles. The van der Waals surface area contributed by atoms with E-state index in [0.717, 1.165) is 19.3 Å². The summed E-state index contributed by atoms with van der Waals surface area (Å²) in [6.07, 6.45) is 5.09. The van der Waals surface area contributed by atoms with Crippen molar-refractivity contribution in [1.82, 2.24) is 0 Å². The summed E-state index contributed by atoms with van der Waals surface area (Å²) < 4.78 is 17.3. The molecule has 3 rings (SSSR count). The molecule has 7 nitrogen and oxygen atoms in total. The minimum Gasteiger partial charge on any atom is -0.491 e. The van der Waals surface area contributed by atoms with Gasteiger partial charge in [-0.25, -0.2) is 4.79 Å². The number of aliphatic hydroxyl groups excluding tert-OH is 2. The van der Waals surface area contributed by atoms with Crippen LogP contribution in [-0.2, 0) is 14.3 Å². The zero-order valence-electron chi connectivity index (χ0n) is 18.7. The van der Waals surface area contributed by atoms with E-state index in [1.54, 1.807) is 6.08 Å². The summed E-state index contributed by atoms with van der Waals surface area (Å²) in [4.78, 5) is 11.3. The lowest BCUT2D eigenvalue weighted by molar-refractivity contribution is -0.152. The van der Waals surface area contributed by atoms with Crippen LogP contribution in [0.1, 0.15) is 39.0 Å². The molecule has 0 radical (unpaired) electrons. The van der Waals surface area contributed by atoms with E-state index in [4.69, 9.17) is 14.2 Å². The summed E-state index contributed by atoms with van der Waals surface area (Å²) in [5.74, 6) is 0.0139. The predicted molar refractivity (Wildman–Crippen MR) is 119 cm³/mol. The average Bonchev–Trinajstić information content (AvgIpc) is 2.95. The molecule has 32 heavy (non-hydrogen) atoms. The van der Waals surface area contributed by atoms with Gasteiger partial charge >= 0.3 is 5.97 Å². The molecule has 7 atom stereocenters. The number of carboxylic acid groups (broad SMARTS) is 1. The standard InChI is InChI=1S/C25H36O7/c1-2-6-23(25(28)29)31-14-17-9-11-21-20(22(27)13-24(21)32-15-17)12-10-18(26)16-30-19-7-4-3-5-8-19/h3-5,7-8,10,12,17-18,20-24,26-27H,2,6,9,11,13-16H2,1H3,(H,28,29)/b12-10+/t17-,18+,20+,21+,22+,23?,24-/m0/s1. The normalized spacial score (nSPS) is 29.9. The van der Waals surface area contributed by atoms with Crippen LogP contribution in [0.4, 0.5) is 0 Å². The SMILES string of the molecule is CCCC(OC[C@@H]1CC[C@@H]2[C@@H](/C=C/[C@@H](O)COc3ccccc3)[C@H](O)C[C@@H]2OC1)C(=O)O. The van der Waals surface area contributed by atoms with Crippen LogP contribution in [0.25, 0.3) is 0 Å². The average molecular weight is 449 g/mol. The van der Waals surface area contributed by atoms with E-state index >= 15 is 0 Å². The number of hydrogen-bond acceptors (Lipinski definition) is 6. The molecule has 1 aliphatic carbocycles. The first-order valence-electron chi connectivity index (χ1n) is 11.7. The van der Waals surface area contributed by atoms with E-state index in [1.165, 1.54) is 0 Å². The molecule has 1 saturated carbocycles. The third kappa shape index (κ3) is 7.04. The highest BCUT2D eigenvalue weighted by atomic mass is 16.5. The van der Waals surface area contributed by atoms with Crippen LogP contribution < -0.4 is 4.74 Å². The Morgan fingerprint density at radius 1 is 1.28 bits per heavy atom. The number of fused-ring (bicyclic) bond motifs is 1. The van der Waals surface area contributed by atoms with Crippen molar-refractivity contribution in [2.45, 2.75) is 63.4 Å². The Morgan fingerprint density at radius 3 is 2.78 bits per heavy atom. The molecule has 2 fully saturated rings. The van der Waals surface area contributed by atoms with Gasteiger partial charge in [0.15, 0.2) is 6.10 Å². The highest BCUT2D eigenvalue weighted by Crippen LogP contribution is 2.41. The van der Waals surface area contributed by atoms with E-state index in [-0.39, 0.29) is 30.5 Å². The maximum atomic E-state index is 11.3. The van der Waals surface area contributed by atoms with Gasteiger partial charge in [0, 0.05) is 18.3 Å². The van der Waals surface area contributed by atoms with Crippen LogP contribution in [0.2, 0.25) is 0 Å². The summed E-state index contributed by atoms with van der Waals surface area (Å²) in [7, 11) is 0. The van der Waals surface area contributed by atoms with Gasteiger partial charge in [-0.05, 0) is 37.3 Å². The van der Waals surface area contributed by atoms with Crippen LogP contribution in [0.15, 0.2) is 42.5 Å². The first-order chi connectivity index (χ1) is 15.5. The number of para-hydroxylation sites is 1. The van der Waals surface area contributed by atoms with Crippen molar-refractivity contribution in [3.63, 3.8) is 0 Å². The van der Waals surface area contributed by atoms with Gasteiger partial charge in [-0.15, -0.1) is 0 Å². The van der Waals surface area contributed by atoms with Gasteiger partial charge in [0.1, 0.15) is 18.5 Å². The first kappa shape index (κ1) is 24.7. The van der Waals surface area contributed by atoms with Gasteiger partial charge in [0.25, 0.3) is 0 Å². The summed E-state index contributed by atoms with van der Waals surface area (Å²) in [5, 5.41) is 30.1. The fourth-order valence-corrected chi connectivity index (χ4v) is 4.65. The van der Waals surface area contributed by atoms with E-state index in [1.807, 2.05) is 43.3 Å². The van der Waals surface area contributed by atoms with Crippen LogP contribution >= 0.6 is 0 Å². The molecule has 1 unspecified atom stereocenters. The molecule has 0 aromatic heterocycles. The third-order valence-corrected chi connectivity index (χ3v) is 6.42. The lowest BCUT2D eigenvalue weighted by Gasteiger charge is -2.21. The molecule has 1 saturated heterocycles. The zero-order valence-corrected chi connectivity index (χ0v) is 18.7. The lowest BCUT2D eigenvalue weighted by atomic mass is 9.87. The van der Waals surface area contributed by atoms with E-state index < -0.39 is 24.3 Å². The van der Waals surface area contributed by atoms with Gasteiger partial charge in [-0.1, -0.05) is 43.7 Å². The molecule has 2 aliphatic rings. The minimum absolute atomic E-state index is 0.0340. The fraction of sp³-hybridized carbons (Fsp3) is 0.640. The fourth-order valence-electron chi connectivity index (χ4n) is 4.65. The zero-order chi connectivity index (χ0) is 22.9. The van der Waals surface area contributed by atoms with Crippen LogP contribution in [0.5, 0.6) is 5.75 Å². The van der Waals surface area contributed by atoms with Crippen molar-refractivity contribution in [2.24, 2.45) is 17.8 Å². The predicted octanol–water partition coefficient (Wildman–Crippen LogP) is 3.04. The molecule has 3 N–H and O–H groups in total. The molecule has 0 amide bonds. The summed E-state index contributed by atoms with van der Waals surface area (Å²) in [6.45, 7) is 2.97. The molecule has 0 bridgehead atoms. The highest BCUT2D eigenvalue weighted by molar-refractivity contribution is 5.72. The van der Waals surface area contributed by atoms with Crippen LogP contribution in [0, 0.1) is 17.8 Å². The Kier molecular flexibility index (Phi) is 9.53. The van der Waals surface area contributed by atoms with Crippen molar-refractivity contribution in [2.75, 3.05) is 19.8 Å². The Morgan fingerprint density at radius 2 is 2.06 bits per heavy atom. The smallest absolute Gasteiger partial charge is 0.332 e. The number of rotatable bonds is 11. The van der Waals surface area contributed by atoms with Gasteiger partial charge in [-0.3, -0.25) is 0 Å². The molecule has 1 aliphatic heterocycles. The number of aliphatic carboxylic acids is 1. The Bertz CT molecular complexity index is 722. The van der Waals surface area contributed by atoms with E-state index in [9.17, 15) is 20.1 Å². The summed E-state index contributed by atoms with van der Waals surface area (Å²) in [6, 6.07) is 9.34. The Hall–Kier alpha value is -1.93. The van der Waals surface area contributed by atoms with Crippen LogP contribution in [0.3, 0.4) is 0 Å². The maximum absolute atomic E-state index is 11.3. The van der Waals surface area contributed by atoms with Crippen molar-refractivity contribution >= 4 is 5.97 Å². The van der Waals surface area contributed by atoms with E-state index in [2.05, 4.69) is 0 Å². The Labute approximate surface area is 190 Å². The summed E-state index contributed by atoms with van der Waals surface area (Å²) >= 11 is 0.